The van der Waals surface area contributed by atoms with Gasteiger partial charge in [0, 0.05) is 30.4 Å². The molecular formula is C21H18FN5O. The summed E-state index contributed by atoms with van der Waals surface area (Å²) >= 11 is 0. The summed E-state index contributed by atoms with van der Waals surface area (Å²) in [6.07, 6.45) is 3.46. The molecule has 4 rings (SSSR count). The number of carbonyl (C=O) groups is 1. The molecule has 0 aliphatic carbocycles. The van der Waals surface area contributed by atoms with Gasteiger partial charge < -0.3 is 15.6 Å². The maximum Gasteiger partial charge on any atom is 0.239 e. The van der Waals surface area contributed by atoms with E-state index in [9.17, 15) is 9.18 Å². The number of aryl methyl sites for hydroxylation is 1. The molecule has 0 fully saturated rings. The predicted octanol–water partition coefficient (Wildman–Crippen LogP) is 3.34. The number of amides is 1. The highest BCUT2D eigenvalue weighted by Crippen LogP contribution is 2.39. The van der Waals surface area contributed by atoms with Gasteiger partial charge in [0.25, 0.3) is 0 Å². The zero-order chi connectivity index (χ0) is 19.7. The van der Waals surface area contributed by atoms with Gasteiger partial charge in [-0.1, -0.05) is 0 Å². The van der Waals surface area contributed by atoms with Gasteiger partial charge in [-0.3, -0.25) is 9.78 Å². The van der Waals surface area contributed by atoms with Gasteiger partial charge in [-0.15, -0.1) is 0 Å². The minimum Gasteiger partial charge on any atom is -0.328 e. The Kier molecular flexibility index (Phi) is 4.58. The van der Waals surface area contributed by atoms with Gasteiger partial charge in [0.05, 0.1) is 12.2 Å². The van der Waals surface area contributed by atoms with Crippen molar-refractivity contribution in [2.24, 2.45) is 12.8 Å². The summed E-state index contributed by atoms with van der Waals surface area (Å²) in [6.45, 7) is -0.115. The monoisotopic (exact) mass is 375 g/mol. The van der Waals surface area contributed by atoms with E-state index in [0.29, 0.717) is 11.5 Å². The van der Waals surface area contributed by atoms with Crippen molar-refractivity contribution >= 4 is 22.8 Å². The van der Waals surface area contributed by atoms with Crippen molar-refractivity contribution in [1.29, 1.82) is 0 Å². The Bertz CT molecular complexity index is 1150. The van der Waals surface area contributed by atoms with Crippen LogP contribution in [0.1, 0.15) is 0 Å². The molecule has 7 heteroatoms. The van der Waals surface area contributed by atoms with E-state index >= 15 is 0 Å². The molecule has 0 saturated carbocycles. The molecule has 0 atom stereocenters. The second-order valence-electron chi connectivity index (χ2n) is 6.35. The first-order chi connectivity index (χ1) is 13.6. The van der Waals surface area contributed by atoms with Crippen LogP contribution in [0.3, 0.4) is 0 Å². The molecule has 140 valence electrons. The van der Waals surface area contributed by atoms with Crippen molar-refractivity contribution in [2.75, 3.05) is 11.9 Å². The molecule has 3 heterocycles. The summed E-state index contributed by atoms with van der Waals surface area (Å²) in [4.78, 5) is 20.3. The second-order valence-corrected chi connectivity index (χ2v) is 6.35. The molecule has 0 aliphatic rings. The van der Waals surface area contributed by atoms with E-state index in [-0.39, 0.29) is 18.3 Å². The quantitative estimate of drug-likeness (QED) is 0.573. The molecule has 0 radical (unpaired) electrons. The molecule has 0 aliphatic heterocycles. The molecule has 0 unspecified atom stereocenters. The van der Waals surface area contributed by atoms with Crippen LogP contribution in [-0.4, -0.2) is 27.0 Å². The first-order valence-electron chi connectivity index (χ1n) is 8.74. The summed E-state index contributed by atoms with van der Waals surface area (Å²) in [5.41, 5.74) is 9.77. The number of hydrogen-bond acceptors (Lipinski definition) is 4. The summed E-state index contributed by atoms with van der Waals surface area (Å²) < 4.78 is 15.4. The van der Waals surface area contributed by atoms with Crippen molar-refractivity contribution in [3.63, 3.8) is 0 Å². The average molecular weight is 375 g/mol. The number of fused-ring (bicyclic) bond motifs is 1. The van der Waals surface area contributed by atoms with Gasteiger partial charge in [-0.2, -0.15) is 0 Å². The zero-order valence-corrected chi connectivity index (χ0v) is 15.2. The highest BCUT2D eigenvalue weighted by molar-refractivity contribution is 6.04. The number of halogens is 1. The van der Waals surface area contributed by atoms with Crippen molar-refractivity contribution in [3.05, 3.63) is 66.7 Å². The van der Waals surface area contributed by atoms with Crippen LogP contribution >= 0.6 is 0 Å². The van der Waals surface area contributed by atoms with Crippen molar-refractivity contribution in [1.82, 2.24) is 14.5 Å². The molecule has 1 aromatic carbocycles. The van der Waals surface area contributed by atoms with Crippen molar-refractivity contribution in [3.8, 4) is 22.4 Å². The van der Waals surface area contributed by atoms with Gasteiger partial charge in [0.1, 0.15) is 17.3 Å². The molecule has 0 spiro atoms. The topological polar surface area (TPSA) is 85.8 Å². The number of nitrogens with zero attached hydrogens (tertiary/aromatic N) is 3. The Balaban J connectivity index is 1.99. The summed E-state index contributed by atoms with van der Waals surface area (Å²) in [5, 5.41) is 3.59. The number of anilines is 1. The second kappa shape index (κ2) is 7.21. The van der Waals surface area contributed by atoms with Crippen LogP contribution in [0.2, 0.25) is 0 Å². The van der Waals surface area contributed by atoms with Crippen LogP contribution in [0, 0.1) is 5.82 Å². The molecular weight excluding hydrogens is 357 g/mol. The molecule has 6 nitrogen and oxygen atoms in total. The average Bonchev–Trinajstić information content (AvgIpc) is 3.01. The van der Waals surface area contributed by atoms with Crippen molar-refractivity contribution < 1.29 is 9.18 Å². The summed E-state index contributed by atoms with van der Waals surface area (Å²) in [6, 6.07) is 13.9. The lowest BCUT2D eigenvalue weighted by Gasteiger charge is -2.08. The largest absolute Gasteiger partial charge is 0.328 e. The minimum atomic E-state index is -0.311. The Hall–Kier alpha value is -3.58. The fourth-order valence-electron chi connectivity index (χ4n) is 3.32. The number of aromatic nitrogens is 3. The van der Waals surface area contributed by atoms with E-state index in [1.807, 2.05) is 29.8 Å². The van der Waals surface area contributed by atoms with E-state index in [1.165, 1.54) is 12.1 Å². The lowest BCUT2D eigenvalue weighted by Crippen LogP contribution is -2.22. The van der Waals surface area contributed by atoms with Crippen LogP contribution in [-0.2, 0) is 11.8 Å². The minimum absolute atomic E-state index is 0.115. The fourth-order valence-corrected chi connectivity index (χ4v) is 3.32. The highest BCUT2D eigenvalue weighted by Gasteiger charge is 2.20. The number of carbonyl (C=O) groups excluding carboxylic acids is 1. The third-order valence-corrected chi connectivity index (χ3v) is 4.57. The maximum absolute atomic E-state index is 13.5. The van der Waals surface area contributed by atoms with E-state index in [1.54, 1.807) is 30.6 Å². The van der Waals surface area contributed by atoms with Gasteiger partial charge in [0.15, 0.2) is 0 Å². The van der Waals surface area contributed by atoms with Crippen LogP contribution in [0.25, 0.3) is 33.4 Å². The SMILES string of the molecule is Cn1c(-c2ccc(F)cc2)c(-c2ccncc2)c2ccc(NC(=O)CN)nc21. The first kappa shape index (κ1) is 17.8. The third kappa shape index (κ3) is 3.12. The Morgan fingerprint density at radius 2 is 1.79 bits per heavy atom. The van der Waals surface area contributed by atoms with Crippen LogP contribution in [0.4, 0.5) is 10.2 Å². The molecule has 1 amide bonds. The lowest BCUT2D eigenvalue weighted by atomic mass is 9.99. The standard InChI is InChI=1S/C21H18FN5O/c1-27-20(14-2-4-15(22)5-3-14)19(13-8-10-24-11-9-13)16-6-7-17(26-21(16)27)25-18(28)12-23/h2-11H,12,23H2,1H3,(H,25,26,28). The van der Waals surface area contributed by atoms with Crippen LogP contribution < -0.4 is 11.1 Å². The Morgan fingerprint density at radius 1 is 1.07 bits per heavy atom. The molecule has 0 bridgehead atoms. The molecule has 3 aromatic heterocycles. The van der Waals surface area contributed by atoms with Gasteiger partial charge in [-0.25, -0.2) is 9.37 Å². The third-order valence-electron chi connectivity index (χ3n) is 4.57. The van der Waals surface area contributed by atoms with Crippen LogP contribution in [0.15, 0.2) is 60.9 Å². The fraction of sp³-hybridized carbons (Fsp3) is 0.0952. The van der Waals surface area contributed by atoms with E-state index < -0.39 is 0 Å². The van der Waals surface area contributed by atoms with E-state index in [0.717, 1.165) is 27.8 Å². The van der Waals surface area contributed by atoms with Gasteiger partial charge in [0.2, 0.25) is 5.91 Å². The molecule has 28 heavy (non-hydrogen) atoms. The Labute approximate surface area is 160 Å². The summed E-state index contributed by atoms with van der Waals surface area (Å²) in [7, 11) is 1.90. The Morgan fingerprint density at radius 3 is 2.46 bits per heavy atom. The lowest BCUT2D eigenvalue weighted by molar-refractivity contribution is -0.114. The van der Waals surface area contributed by atoms with Crippen molar-refractivity contribution in [2.45, 2.75) is 0 Å². The number of hydrogen-bond donors (Lipinski definition) is 2. The maximum atomic E-state index is 13.5. The molecule has 3 N–H and O–H groups in total. The number of nitrogens with one attached hydrogen (secondary N) is 1. The highest BCUT2D eigenvalue weighted by atomic mass is 19.1. The van der Waals surface area contributed by atoms with Crippen LogP contribution in [0.5, 0.6) is 0 Å². The number of rotatable bonds is 4. The smallest absolute Gasteiger partial charge is 0.239 e. The summed E-state index contributed by atoms with van der Waals surface area (Å²) in [5.74, 6) is -0.178. The van der Waals surface area contributed by atoms with E-state index in [4.69, 9.17) is 5.73 Å². The molecule has 0 saturated heterocycles. The van der Waals surface area contributed by atoms with Gasteiger partial charge in [-0.05, 0) is 59.7 Å². The predicted molar refractivity (Wildman–Crippen MR) is 107 cm³/mol. The first-order valence-corrected chi connectivity index (χ1v) is 8.74. The number of nitrogens with two attached hydrogens (primary N) is 1. The number of benzene rings is 1. The van der Waals surface area contributed by atoms with Gasteiger partial charge >= 0.3 is 0 Å². The molecule has 4 aromatic rings. The van der Waals surface area contributed by atoms with E-state index in [2.05, 4.69) is 15.3 Å². The zero-order valence-electron chi connectivity index (χ0n) is 15.2. The normalized spacial score (nSPS) is 11.0. The number of pyridine rings is 2.